The summed E-state index contributed by atoms with van der Waals surface area (Å²) < 4.78 is 6.31. The highest BCUT2D eigenvalue weighted by Crippen LogP contribution is 2.50. The predicted molar refractivity (Wildman–Crippen MR) is 89.4 cm³/mol. The fraction of sp³-hybridized carbons (Fsp3) is 0.706. The zero-order valence-electron chi connectivity index (χ0n) is 14.5. The molecule has 1 atom stereocenters. The molecule has 7 nitrogen and oxygen atoms in total. The first-order valence-corrected chi connectivity index (χ1v) is 8.59. The van der Waals surface area contributed by atoms with Crippen LogP contribution in [0.4, 0.5) is 10.5 Å². The van der Waals surface area contributed by atoms with Gasteiger partial charge < -0.3 is 15.8 Å². The minimum Gasteiger partial charge on any atom is -0.442 e. The maximum Gasteiger partial charge on any atom is 0.435 e. The van der Waals surface area contributed by atoms with Gasteiger partial charge in [-0.25, -0.2) is 4.79 Å². The number of nitrogens with two attached hydrogens (primary N) is 1. The van der Waals surface area contributed by atoms with Crippen molar-refractivity contribution in [3.05, 3.63) is 12.4 Å². The summed E-state index contributed by atoms with van der Waals surface area (Å²) in [4.78, 5) is 24.4. The molecule has 132 valence electrons. The monoisotopic (exact) mass is 334 g/mol. The number of anilines is 1. The number of nitrogens with one attached hydrogen (secondary N) is 1. The Morgan fingerprint density at radius 1 is 1.29 bits per heavy atom. The van der Waals surface area contributed by atoms with E-state index in [0.29, 0.717) is 17.5 Å². The highest BCUT2D eigenvalue weighted by Gasteiger charge is 2.46. The van der Waals surface area contributed by atoms with Crippen LogP contribution in [-0.2, 0) is 9.53 Å². The molecular formula is C17H26N4O3. The zero-order chi connectivity index (χ0) is 17.5. The van der Waals surface area contributed by atoms with Crippen molar-refractivity contribution in [2.45, 2.75) is 58.1 Å². The van der Waals surface area contributed by atoms with Gasteiger partial charge in [-0.15, -0.1) is 0 Å². The Kier molecular flexibility index (Phi) is 4.38. The Morgan fingerprint density at radius 2 is 1.88 bits per heavy atom. The lowest BCUT2D eigenvalue weighted by Crippen LogP contribution is -2.43. The number of hydrogen-bond donors (Lipinski definition) is 2. The van der Waals surface area contributed by atoms with E-state index in [9.17, 15) is 9.59 Å². The third-order valence-corrected chi connectivity index (χ3v) is 4.48. The largest absolute Gasteiger partial charge is 0.442 e. The van der Waals surface area contributed by atoms with Gasteiger partial charge in [0.15, 0.2) is 0 Å². The number of carbonyl (C=O) groups excluding carboxylic acids is 2. The van der Waals surface area contributed by atoms with E-state index in [0.717, 1.165) is 4.68 Å². The topological polar surface area (TPSA) is 99.2 Å². The van der Waals surface area contributed by atoms with Crippen LogP contribution in [0.1, 0.15) is 46.5 Å². The summed E-state index contributed by atoms with van der Waals surface area (Å²) in [5, 5.41) is 6.71. The molecule has 24 heavy (non-hydrogen) atoms. The fourth-order valence-corrected chi connectivity index (χ4v) is 3.13. The third-order valence-electron chi connectivity index (χ3n) is 4.48. The van der Waals surface area contributed by atoms with Crippen molar-refractivity contribution < 1.29 is 14.3 Å². The Labute approximate surface area is 141 Å². The smallest absolute Gasteiger partial charge is 0.435 e. The molecule has 0 saturated heterocycles. The van der Waals surface area contributed by atoms with E-state index < -0.39 is 17.7 Å². The zero-order valence-corrected chi connectivity index (χ0v) is 14.5. The molecule has 0 spiro atoms. The molecule has 2 aliphatic rings. The highest BCUT2D eigenvalue weighted by atomic mass is 16.6. The Balaban J connectivity index is 1.59. The van der Waals surface area contributed by atoms with E-state index in [4.69, 9.17) is 10.5 Å². The molecule has 2 fully saturated rings. The molecule has 0 bridgehead atoms. The van der Waals surface area contributed by atoms with Gasteiger partial charge in [0.2, 0.25) is 5.91 Å². The van der Waals surface area contributed by atoms with Crippen molar-refractivity contribution in [1.82, 2.24) is 9.78 Å². The van der Waals surface area contributed by atoms with Crippen molar-refractivity contribution in [3.63, 3.8) is 0 Å². The molecule has 1 aromatic heterocycles. The van der Waals surface area contributed by atoms with E-state index in [-0.39, 0.29) is 11.8 Å². The summed E-state index contributed by atoms with van der Waals surface area (Å²) >= 11 is 0. The lowest BCUT2D eigenvalue weighted by atomic mass is 9.89. The quantitative estimate of drug-likeness (QED) is 0.861. The summed E-state index contributed by atoms with van der Waals surface area (Å²) in [7, 11) is 0. The van der Waals surface area contributed by atoms with Crippen molar-refractivity contribution in [3.8, 4) is 0 Å². The highest BCUT2D eigenvalue weighted by molar-refractivity contribution is 5.95. The van der Waals surface area contributed by atoms with Gasteiger partial charge in [0.25, 0.3) is 0 Å². The van der Waals surface area contributed by atoms with Crippen LogP contribution < -0.4 is 11.1 Å². The number of amides is 1. The summed E-state index contributed by atoms with van der Waals surface area (Å²) in [6.45, 7) is 5.35. The van der Waals surface area contributed by atoms with Gasteiger partial charge in [-0.05, 0) is 64.2 Å². The van der Waals surface area contributed by atoms with E-state index in [1.165, 1.54) is 38.1 Å². The molecule has 0 radical (unpaired) electrons. The molecule has 3 rings (SSSR count). The maximum atomic E-state index is 12.4. The average Bonchev–Trinajstić information content (AvgIpc) is 3.39. The molecule has 3 N–H and O–H groups in total. The molecule has 1 heterocycles. The van der Waals surface area contributed by atoms with Crippen LogP contribution >= 0.6 is 0 Å². The molecule has 0 aliphatic heterocycles. The van der Waals surface area contributed by atoms with Crippen LogP contribution in [0.2, 0.25) is 0 Å². The number of rotatable bonds is 5. The van der Waals surface area contributed by atoms with Gasteiger partial charge in [-0.1, -0.05) is 0 Å². The summed E-state index contributed by atoms with van der Waals surface area (Å²) in [6.07, 6.45) is 7.01. The molecule has 1 unspecified atom stereocenters. The van der Waals surface area contributed by atoms with E-state index >= 15 is 0 Å². The third kappa shape index (κ3) is 4.14. The Hall–Kier alpha value is -1.89. The van der Waals surface area contributed by atoms with E-state index in [1.54, 1.807) is 20.8 Å². The van der Waals surface area contributed by atoms with E-state index in [2.05, 4.69) is 10.4 Å². The normalized spacial score (nSPS) is 19.2. The van der Waals surface area contributed by atoms with Crippen LogP contribution in [0.3, 0.4) is 0 Å². The Bertz CT molecular complexity index is 614. The second-order valence-corrected chi connectivity index (χ2v) is 7.92. The number of hydrogen-bond acceptors (Lipinski definition) is 5. The second kappa shape index (κ2) is 6.20. The number of aromatic nitrogens is 2. The van der Waals surface area contributed by atoms with Gasteiger partial charge in [-0.3, -0.25) is 4.79 Å². The van der Waals surface area contributed by atoms with Crippen LogP contribution in [0.15, 0.2) is 12.4 Å². The lowest BCUT2D eigenvalue weighted by Gasteiger charge is -2.22. The first kappa shape index (κ1) is 17.0. The average molecular weight is 334 g/mol. The van der Waals surface area contributed by atoms with Gasteiger partial charge >= 0.3 is 6.09 Å². The molecule has 0 aromatic carbocycles. The molecule has 2 aliphatic carbocycles. The minimum absolute atomic E-state index is 0.206. The second-order valence-electron chi connectivity index (χ2n) is 7.92. The molecule has 1 aromatic rings. The lowest BCUT2D eigenvalue weighted by molar-refractivity contribution is -0.118. The van der Waals surface area contributed by atoms with Gasteiger partial charge in [-0.2, -0.15) is 9.78 Å². The molecule has 2 saturated carbocycles. The van der Waals surface area contributed by atoms with Gasteiger partial charge in [0.05, 0.1) is 24.1 Å². The molecule has 1 amide bonds. The van der Waals surface area contributed by atoms with Crippen molar-refractivity contribution >= 4 is 17.7 Å². The SMILES string of the molecule is CC(C)(C)OC(=O)n1cc(NC(=O)C(N)C(C2CC2)C2CC2)cn1. The number of nitrogens with zero attached hydrogens (tertiary/aromatic N) is 2. The van der Waals surface area contributed by atoms with Crippen LogP contribution in [0.5, 0.6) is 0 Å². The van der Waals surface area contributed by atoms with Crippen LogP contribution in [-0.4, -0.2) is 33.4 Å². The van der Waals surface area contributed by atoms with Gasteiger partial charge in [0, 0.05) is 0 Å². The Morgan fingerprint density at radius 3 is 2.38 bits per heavy atom. The molecule has 7 heteroatoms. The first-order chi connectivity index (χ1) is 11.2. The van der Waals surface area contributed by atoms with Crippen molar-refractivity contribution in [1.29, 1.82) is 0 Å². The minimum atomic E-state index is -0.601. The summed E-state index contributed by atoms with van der Waals surface area (Å²) in [5.74, 6) is 1.28. The van der Waals surface area contributed by atoms with Crippen molar-refractivity contribution in [2.24, 2.45) is 23.5 Å². The molecular weight excluding hydrogens is 308 g/mol. The summed E-state index contributed by atoms with van der Waals surface area (Å²) in [5.41, 5.74) is 6.06. The fourth-order valence-electron chi connectivity index (χ4n) is 3.13. The standard InChI is InChI=1S/C17H26N4O3/c1-17(2,3)24-16(23)21-9-12(8-19-21)20-15(22)14(18)13(10-4-5-10)11-6-7-11/h8-11,13-14H,4-7,18H2,1-3H3,(H,20,22). The van der Waals surface area contributed by atoms with Crippen molar-refractivity contribution in [2.75, 3.05) is 5.32 Å². The van der Waals surface area contributed by atoms with E-state index in [1.807, 2.05) is 0 Å². The maximum absolute atomic E-state index is 12.4. The van der Waals surface area contributed by atoms with Crippen LogP contribution in [0, 0.1) is 17.8 Å². The van der Waals surface area contributed by atoms with Crippen LogP contribution in [0.25, 0.3) is 0 Å². The summed E-state index contributed by atoms with van der Waals surface area (Å²) in [6, 6.07) is -0.505. The number of carbonyl (C=O) groups is 2. The number of ether oxygens (including phenoxy) is 1. The predicted octanol–water partition coefficient (Wildman–Crippen LogP) is 2.37. The first-order valence-electron chi connectivity index (χ1n) is 8.59. The van der Waals surface area contributed by atoms with Gasteiger partial charge in [0.1, 0.15) is 5.60 Å².